The van der Waals surface area contributed by atoms with Crippen molar-refractivity contribution in [3.63, 3.8) is 0 Å². The van der Waals surface area contributed by atoms with E-state index in [9.17, 15) is 0 Å². The van der Waals surface area contributed by atoms with Gasteiger partial charge in [0, 0.05) is 11.4 Å². The fourth-order valence-corrected chi connectivity index (χ4v) is 2.36. The molecule has 2 nitrogen and oxygen atoms in total. The summed E-state index contributed by atoms with van der Waals surface area (Å²) >= 11 is 1.85. The number of nitrogens with one attached hydrogen (secondary N) is 1. The lowest BCUT2D eigenvalue weighted by atomic mass is 10.2. The number of aromatic nitrogens is 1. The summed E-state index contributed by atoms with van der Waals surface area (Å²) in [7, 11) is 0. The molecule has 1 aromatic rings. The van der Waals surface area contributed by atoms with E-state index in [4.69, 9.17) is 0 Å². The van der Waals surface area contributed by atoms with E-state index in [2.05, 4.69) is 31.1 Å². The lowest BCUT2D eigenvalue weighted by Crippen LogP contribution is -2.11. The highest BCUT2D eigenvalue weighted by Gasteiger charge is 2.06. The van der Waals surface area contributed by atoms with Gasteiger partial charge < -0.3 is 5.32 Å². The number of aryl methyl sites for hydroxylation is 2. The minimum absolute atomic E-state index is 0.925. The van der Waals surface area contributed by atoms with E-state index < -0.39 is 0 Å². The normalized spacial score (nSPS) is 10.7. The van der Waals surface area contributed by atoms with Crippen LogP contribution in [-0.4, -0.2) is 11.5 Å². The van der Waals surface area contributed by atoms with Gasteiger partial charge in [0.15, 0.2) is 0 Å². The summed E-state index contributed by atoms with van der Waals surface area (Å²) in [6.07, 6.45) is 2.18. The van der Waals surface area contributed by atoms with Crippen LogP contribution in [0.5, 0.6) is 0 Å². The molecule has 13 heavy (non-hydrogen) atoms. The second kappa shape index (κ2) is 5.35. The number of thiazole rings is 1. The van der Waals surface area contributed by atoms with Gasteiger partial charge in [-0.05, 0) is 19.4 Å². The topological polar surface area (TPSA) is 24.9 Å². The molecule has 0 atom stereocenters. The first-order valence-electron chi connectivity index (χ1n) is 4.99. The van der Waals surface area contributed by atoms with Crippen molar-refractivity contribution < 1.29 is 0 Å². The Morgan fingerprint density at radius 2 is 2.00 bits per heavy atom. The Hall–Kier alpha value is -0.410. The second-order valence-electron chi connectivity index (χ2n) is 2.96. The van der Waals surface area contributed by atoms with E-state index in [0.717, 1.165) is 25.9 Å². The zero-order chi connectivity index (χ0) is 9.68. The van der Waals surface area contributed by atoms with Crippen molar-refractivity contribution in [3.8, 4) is 0 Å². The fourth-order valence-electron chi connectivity index (χ4n) is 1.30. The zero-order valence-corrected chi connectivity index (χ0v) is 9.50. The maximum absolute atomic E-state index is 4.59. The van der Waals surface area contributed by atoms with Crippen molar-refractivity contribution >= 4 is 11.3 Å². The fraction of sp³-hybridized carbons (Fsp3) is 0.700. The molecular formula is C10H18N2S. The first kappa shape index (κ1) is 10.7. The lowest BCUT2D eigenvalue weighted by molar-refractivity contribution is 0.720. The number of rotatable bonds is 5. The summed E-state index contributed by atoms with van der Waals surface area (Å²) in [5, 5.41) is 4.53. The van der Waals surface area contributed by atoms with Crippen LogP contribution in [0.3, 0.4) is 0 Å². The molecule has 0 aliphatic carbocycles. The molecule has 0 fully saturated rings. The van der Waals surface area contributed by atoms with Crippen LogP contribution >= 0.6 is 11.3 Å². The summed E-state index contributed by atoms with van der Waals surface area (Å²) < 4.78 is 0. The Kier molecular flexibility index (Phi) is 4.39. The monoisotopic (exact) mass is 198 g/mol. The molecule has 1 aromatic heterocycles. The molecule has 0 saturated carbocycles. The van der Waals surface area contributed by atoms with E-state index in [-0.39, 0.29) is 0 Å². The van der Waals surface area contributed by atoms with Gasteiger partial charge in [-0.15, -0.1) is 11.3 Å². The Bertz CT molecular complexity index is 234. The van der Waals surface area contributed by atoms with Crippen LogP contribution in [0.15, 0.2) is 0 Å². The molecule has 74 valence electrons. The largest absolute Gasteiger partial charge is 0.311 e. The standard InChI is InChI=1S/C10H18N2S/c1-4-8-9(5-2)13-10(12-8)7-11-6-3/h11H,4-7H2,1-3H3. The van der Waals surface area contributed by atoms with Gasteiger partial charge in [-0.1, -0.05) is 20.8 Å². The molecule has 0 spiro atoms. The number of hydrogen-bond acceptors (Lipinski definition) is 3. The van der Waals surface area contributed by atoms with E-state index >= 15 is 0 Å². The Balaban J connectivity index is 2.68. The molecule has 0 aliphatic heterocycles. The summed E-state index contributed by atoms with van der Waals surface area (Å²) in [4.78, 5) is 6.05. The Morgan fingerprint density at radius 1 is 1.23 bits per heavy atom. The average Bonchev–Trinajstić information content (AvgIpc) is 2.57. The van der Waals surface area contributed by atoms with Gasteiger partial charge in [-0.25, -0.2) is 4.98 Å². The predicted octanol–water partition coefficient (Wildman–Crippen LogP) is 2.38. The maximum atomic E-state index is 4.59. The molecular weight excluding hydrogens is 180 g/mol. The third kappa shape index (κ3) is 2.78. The third-order valence-corrected chi connectivity index (χ3v) is 3.25. The van der Waals surface area contributed by atoms with Crippen LogP contribution < -0.4 is 5.32 Å². The molecule has 0 bridgehead atoms. The summed E-state index contributed by atoms with van der Waals surface area (Å²) in [6, 6.07) is 0. The summed E-state index contributed by atoms with van der Waals surface area (Å²) in [5.74, 6) is 0. The van der Waals surface area contributed by atoms with Crippen molar-refractivity contribution in [1.29, 1.82) is 0 Å². The van der Waals surface area contributed by atoms with Gasteiger partial charge >= 0.3 is 0 Å². The average molecular weight is 198 g/mol. The van der Waals surface area contributed by atoms with Gasteiger partial charge in [-0.2, -0.15) is 0 Å². The molecule has 1 heterocycles. The van der Waals surface area contributed by atoms with Gasteiger partial charge in [-0.3, -0.25) is 0 Å². The van der Waals surface area contributed by atoms with Crippen LogP contribution in [0.25, 0.3) is 0 Å². The SMILES string of the molecule is CCNCc1nc(CC)c(CC)s1. The molecule has 0 radical (unpaired) electrons. The Morgan fingerprint density at radius 3 is 2.46 bits per heavy atom. The van der Waals surface area contributed by atoms with Crippen molar-refractivity contribution in [2.45, 2.75) is 40.2 Å². The van der Waals surface area contributed by atoms with Crippen LogP contribution in [-0.2, 0) is 19.4 Å². The van der Waals surface area contributed by atoms with Crippen LogP contribution in [0.1, 0.15) is 36.3 Å². The van der Waals surface area contributed by atoms with Crippen LogP contribution in [0.4, 0.5) is 0 Å². The van der Waals surface area contributed by atoms with E-state index in [1.807, 2.05) is 11.3 Å². The second-order valence-corrected chi connectivity index (χ2v) is 4.13. The molecule has 1 N–H and O–H groups in total. The van der Waals surface area contributed by atoms with E-state index in [1.165, 1.54) is 15.6 Å². The van der Waals surface area contributed by atoms with E-state index in [1.54, 1.807) is 0 Å². The number of hydrogen-bond donors (Lipinski definition) is 1. The van der Waals surface area contributed by atoms with Gasteiger partial charge in [0.2, 0.25) is 0 Å². The molecule has 3 heteroatoms. The van der Waals surface area contributed by atoms with E-state index in [0.29, 0.717) is 0 Å². The van der Waals surface area contributed by atoms with Crippen molar-refractivity contribution in [1.82, 2.24) is 10.3 Å². The van der Waals surface area contributed by atoms with Crippen LogP contribution in [0.2, 0.25) is 0 Å². The molecule has 1 rings (SSSR count). The van der Waals surface area contributed by atoms with Gasteiger partial charge in [0.1, 0.15) is 5.01 Å². The summed E-state index contributed by atoms with van der Waals surface area (Å²) in [5.41, 5.74) is 1.29. The van der Waals surface area contributed by atoms with Gasteiger partial charge in [0.25, 0.3) is 0 Å². The third-order valence-electron chi connectivity index (χ3n) is 2.00. The minimum Gasteiger partial charge on any atom is -0.311 e. The van der Waals surface area contributed by atoms with Crippen molar-refractivity contribution in [2.24, 2.45) is 0 Å². The lowest BCUT2D eigenvalue weighted by Gasteiger charge is -1.94. The number of nitrogens with zero attached hydrogens (tertiary/aromatic N) is 1. The summed E-state index contributed by atoms with van der Waals surface area (Å²) in [6.45, 7) is 8.43. The smallest absolute Gasteiger partial charge is 0.107 e. The zero-order valence-electron chi connectivity index (χ0n) is 8.68. The first-order chi connectivity index (χ1) is 6.31. The first-order valence-corrected chi connectivity index (χ1v) is 5.81. The van der Waals surface area contributed by atoms with Crippen molar-refractivity contribution in [2.75, 3.05) is 6.54 Å². The highest BCUT2D eigenvalue weighted by molar-refractivity contribution is 7.11. The maximum Gasteiger partial charge on any atom is 0.107 e. The molecule has 0 saturated heterocycles. The quantitative estimate of drug-likeness (QED) is 0.785. The molecule has 0 aliphatic rings. The Labute approximate surface area is 84.4 Å². The molecule has 0 aromatic carbocycles. The minimum atomic E-state index is 0.925. The molecule has 0 amide bonds. The van der Waals surface area contributed by atoms with Crippen LogP contribution in [0, 0.1) is 0 Å². The highest BCUT2D eigenvalue weighted by atomic mass is 32.1. The van der Waals surface area contributed by atoms with Crippen molar-refractivity contribution in [3.05, 3.63) is 15.6 Å². The predicted molar refractivity (Wildman–Crippen MR) is 58.3 cm³/mol. The highest BCUT2D eigenvalue weighted by Crippen LogP contribution is 2.19. The molecule has 0 unspecified atom stereocenters. The van der Waals surface area contributed by atoms with Gasteiger partial charge in [0.05, 0.1) is 5.69 Å².